The van der Waals surface area contributed by atoms with Crippen molar-refractivity contribution in [3.05, 3.63) is 41.3 Å². The predicted octanol–water partition coefficient (Wildman–Crippen LogP) is 2.77. The summed E-state index contributed by atoms with van der Waals surface area (Å²) in [5, 5.41) is 0. The highest BCUT2D eigenvalue weighted by Crippen LogP contribution is 2.33. The van der Waals surface area contributed by atoms with Gasteiger partial charge in [-0.15, -0.1) is 0 Å². The molecular formula is C9H7F4N. The monoisotopic (exact) mass is 205 g/mol. The van der Waals surface area contributed by atoms with E-state index < -0.39 is 23.1 Å². The number of hydrogen-bond acceptors (Lipinski definition) is 1. The summed E-state index contributed by atoms with van der Waals surface area (Å²) in [5.41, 5.74) is 3.36. The lowest BCUT2D eigenvalue weighted by Gasteiger charge is -2.10. The largest absolute Gasteiger partial charge is 0.417 e. The normalized spacial score (nSPS) is 12.3. The molecule has 0 fully saturated rings. The Hall–Kier alpha value is -1.52. The number of hydrogen-bond donors (Lipinski definition) is 1. The van der Waals surface area contributed by atoms with E-state index in [0.29, 0.717) is 0 Å². The summed E-state index contributed by atoms with van der Waals surface area (Å²) >= 11 is 0. The summed E-state index contributed by atoms with van der Waals surface area (Å²) in [6, 6.07) is 2.76. The fourth-order valence-electron chi connectivity index (χ4n) is 1.05. The van der Waals surface area contributed by atoms with E-state index in [4.69, 9.17) is 5.73 Å². The van der Waals surface area contributed by atoms with Crippen molar-refractivity contribution in [2.24, 2.45) is 5.73 Å². The van der Waals surface area contributed by atoms with E-state index in [1.807, 2.05) is 0 Å². The summed E-state index contributed by atoms with van der Waals surface area (Å²) in [7, 11) is 0. The molecule has 0 saturated carbocycles. The molecule has 1 aromatic carbocycles. The zero-order valence-corrected chi connectivity index (χ0v) is 6.98. The minimum Gasteiger partial charge on any atom is -0.405 e. The van der Waals surface area contributed by atoms with Gasteiger partial charge in [-0.1, -0.05) is 6.07 Å². The fourth-order valence-corrected chi connectivity index (χ4v) is 1.05. The van der Waals surface area contributed by atoms with E-state index in [1.165, 1.54) is 0 Å². The minimum atomic E-state index is -4.57. The molecule has 0 aliphatic carbocycles. The molecular weight excluding hydrogens is 198 g/mol. The molecule has 0 aliphatic rings. The molecule has 0 aliphatic heterocycles. The van der Waals surface area contributed by atoms with Crippen LogP contribution in [0.1, 0.15) is 11.1 Å². The molecule has 0 spiro atoms. The molecule has 2 N–H and O–H groups in total. The summed E-state index contributed by atoms with van der Waals surface area (Å²) < 4.78 is 49.9. The second kappa shape index (κ2) is 3.69. The Morgan fingerprint density at radius 2 is 1.86 bits per heavy atom. The van der Waals surface area contributed by atoms with Crippen molar-refractivity contribution in [2.75, 3.05) is 0 Å². The average molecular weight is 205 g/mol. The Labute approximate surface area is 77.8 Å². The third-order valence-corrected chi connectivity index (χ3v) is 1.62. The van der Waals surface area contributed by atoms with Gasteiger partial charge in [0.1, 0.15) is 5.82 Å². The maximum atomic E-state index is 13.0. The highest BCUT2D eigenvalue weighted by atomic mass is 19.4. The molecule has 5 heteroatoms. The molecule has 14 heavy (non-hydrogen) atoms. The lowest BCUT2D eigenvalue weighted by molar-refractivity contribution is -0.137. The lowest BCUT2D eigenvalue weighted by Crippen LogP contribution is -2.08. The molecule has 1 nitrogen and oxygen atoms in total. The molecule has 1 aromatic rings. The molecule has 0 radical (unpaired) electrons. The zero-order valence-electron chi connectivity index (χ0n) is 6.98. The molecule has 0 saturated heterocycles. The zero-order chi connectivity index (χ0) is 10.8. The number of benzene rings is 1. The van der Waals surface area contributed by atoms with Crippen molar-refractivity contribution in [3.63, 3.8) is 0 Å². The average Bonchev–Trinajstić information content (AvgIpc) is 2.07. The first-order valence-electron chi connectivity index (χ1n) is 3.71. The Bertz CT molecular complexity index is 354. The first-order valence-corrected chi connectivity index (χ1v) is 3.71. The van der Waals surface area contributed by atoms with E-state index in [2.05, 4.69) is 0 Å². The predicted molar refractivity (Wildman–Crippen MR) is 44.6 cm³/mol. The number of nitrogens with two attached hydrogens (primary N) is 1. The number of alkyl halides is 3. The number of halogens is 4. The molecule has 0 atom stereocenters. The second-order valence-corrected chi connectivity index (χ2v) is 2.56. The molecule has 0 heterocycles. The Morgan fingerprint density at radius 1 is 1.21 bits per heavy atom. The quantitative estimate of drug-likeness (QED) is 0.701. The van der Waals surface area contributed by atoms with Gasteiger partial charge in [0.15, 0.2) is 0 Å². The molecule has 0 aromatic heterocycles. The third-order valence-electron chi connectivity index (χ3n) is 1.62. The van der Waals surface area contributed by atoms with Gasteiger partial charge in [-0.05, 0) is 24.4 Å². The smallest absolute Gasteiger partial charge is 0.405 e. The lowest BCUT2D eigenvalue weighted by atomic mass is 10.1. The summed E-state index contributed by atoms with van der Waals surface area (Å²) in [5.74, 6) is -0.943. The Morgan fingerprint density at radius 3 is 2.36 bits per heavy atom. The van der Waals surface area contributed by atoms with Gasteiger partial charge >= 0.3 is 6.18 Å². The highest BCUT2D eigenvalue weighted by molar-refractivity contribution is 5.55. The van der Waals surface area contributed by atoms with Crippen molar-refractivity contribution in [2.45, 2.75) is 6.18 Å². The SMILES string of the molecule is NC=Cc1c(F)cccc1C(F)(F)F. The Balaban J connectivity index is 3.36. The number of rotatable bonds is 1. The van der Waals surface area contributed by atoms with Crippen LogP contribution in [0.15, 0.2) is 24.4 Å². The van der Waals surface area contributed by atoms with Crippen LogP contribution in [-0.2, 0) is 6.18 Å². The Kier molecular flexibility index (Phi) is 2.78. The van der Waals surface area contributed by atoms with Crippen molar-refractivity contribution in [1.82, 2.24) is 0 Å². The van der Waals surface area contributed by atoms with E-state index in [1.54, 1.807) is 0 Å². The highest BCUT2D eigenvalue weighted by Gasteiger charge is 2.33. The molecule has 1 rings (SSSR count). The topological polar surface area (TPSA) is 26.0 Å². The molecule has 76 valence electrons. The van der Waals surface area contributed by atoms with E-state index in [0.717, 1.165) is 30.5 Å². The summed E-state index contributed by atoms with van der Waals surface area (Å²) in [4.78, 5) is 0. The van der Waals surface area contributed by atoms with Gasteiger partial charge in [0, 0.05) is 5.56 Å². The molecule has 0 bridgehead atoms. The van der Waals surface area contributed by atoms with Crippen LogP contribution in [0.2, 0.25) is 0 Å². The van der Waals surface area contributed by atoms with Crippen LogP contribution in [0.5, 0.6) is 0 Å². The first kappa shape index (κ1) is 10.6. The van der Waals surface area contributed by atoms with Gasteiger partial charge in [0.05, 0.1) is 5.56 Å². The maximum Gasteiger partial charge on any atom is 0.417 e. The minimum absolute atomic E-state index is 0.539. The van der Waals surface area contributed by atoms with Crippen LogP contribution in [-0.4, -0.2) is 0 Å². The molecule has 0 amide bonds. The van der Waals surface area contributed by atoms with Crippen LogP contribution in [0.4, 0.5) is 17.6 Å². The molecule has 0 unspecified atom stereocenters. The van der Waals surface area contributed by atoms with Crippen LogP contribution in [0.3, 0.4) is 0 Å². The van der Waals surface area contributed by atoms with Gasteiger partial charge in [-0.25, -0.2) is 4.39 Å². The third kappa shape index (κ3) is 2.04. The summed E-state index contributed by atoms with van der Waals surface area (Å²) in [6.45, 7) is 0. The van der Waals surface area contributed by atoms with Crippen LogP contribution in [0.25, 0.3) is 6.08 Å². The van der Waals surface area contributed by atoms with E-state index in [-0.39, 0.29) is 0 Å². The van der Waals surface area contributed by atoms with E-state index >= 15 is 0 Å². The fraction of sp³-hybridized carbons (Fsp3) is 0.111. The van der Waals surface area contributed by atoms with Crippen molar-refractivity contribution < 1.29 is 17.6 Å². The van der Waals surface area contributed by atoms with Gasteiger partial charge in [0.25, 0.3) is 0 Å². The van der Waals surface area contributed by atoms with Gasteiger partial charge in [-0.2, -0.15) is 13.2 Å². The van der Waals surface area contributed by atoms with E-state index in [9.17, 15) is 17.6 Å². The van der Waals surface area contributed by atoms with Crippen molar-refractivity contribution in [3.8, 4) is 0 Å². The van der Waals surface area contributed by atoms with Gasteiger partial charge in [0.2, 0.25) is 0 Å². The second-order valence-electron chi connectivity index (χ2n) is 2.56. The van der Waals surface area contributed by atoms with Crippen LogP contribution in [0, 0.1) is 5.82 Å². The standard InChI is InChI=1S/C9H7F4N/c10-8-3-1-2-7(9(11,12)13)6(8)4-5-14/h1-5H,14H2. The first-order chi connectivity index (χ1) is 6.46. The van der Waals surface area contributed by atoms with Gasteiger partial charge in [-0.3, -0.25) is 0 Å². The van der Waals surface area contributed by atoms with Crippen LogP contribution < -0.4 is 5.73 Å². The van der Waals surface area contributed by atoms with Crippen molar-refractivity contribution in [1.29, 1.82) is 0 Å². The van der Waals surface area contributed by atoms with Crippen LogP contribution >= 0.6 is 0 Å². The maximum absolute atomic E-state index is 13.0. The summed E-state index contributed by atoms with van der Waals surface area (Å²) in [6.07, 6.45) is -2.82. The van der Waals surface area contributed by atoms with Gasteiger partial charge < -0.3 is 5.73 Å². The van der Waals surface area contributed by atoms with Crippen molar-refractivity contribution >= 4 is 6.08 Å².